The van der Waals surface area contributed by atoms with Crippen molar-refractivity contribution in [3.8, 4) is 0 Å². The molecule has 0 saturated carbocycles. The first-order chi connectivity index (χ1) is 9.74. The van der Waals surface area contributed by atoms with Crippen molar-refractivity contribution in [3.05, 3.63) is 29.6 Å². The maximum atomic E-state index is 13.0. The van der Waals surface area contributed by atoms with E-state index in [9.17, 15) is 22.8 Å². The lowest BCUT2D eigenvalue weighted by Crippen LogP contribution is -2.26. The fraction of sp³-hybridized carbons (Fsp3) is 0.250. The van der Waals surface area contributed by atoms with E-state index in [0.717, 1.165) is 12.1 Å². The topological polar surface area (TPSA) is 84.2 Å². The molecule has 2 rings (SSSR count). The Morgan fingerprint density at radius 3 is 2.57 bits per heavy atom. The van der Waals surface area contributed by atoms with Gasteiger partial charge < -0.3 is 15.0 Å². The number of halogens is 3. The number of rotatable bonds is 3. The van der Waals surface area contributed by atoms with E-state index >= 15 is 0 Å². The minimum Gasteiger partial charge on any atom is -0.478 e. The molecule has 0 spiro atoms. The van der Waals surface area contributed by atoms with Gasteiger partial charge in [0.25, 0.3) is 0 Å². The molecular weight excluding hydrogens is 291 g/mol. The summed E-state index contributed by atoms with van der Waals surface area (Å²) in [6, 6.07) is 3.39. The van der Waals surface area contributed by atoms with Crippen LogP contribution in [-0.4, -0.2) is 33.6 Å². The molecule has 1 amide bonds. The van der Waals surface area contributed by atoms with Gasteiger partial charge in [-0.3, -0.25) is 4.79 Å². The summed E-state index contributed by atoms with van der Waals surface area (Å²) in [7, 11) is 1.29. The highest BCUT2D eigenvalue weighted by Crippen LogP contribution is 2.31. The number of benzene rings is 1. The number of nitrogens with one attached hydrogen (secondary N) is 1. The van der Waals surface area contributed by atoms with Crippen LogP contribution in [0.4, 0.5) is 13.2 Å². The number of carbonyl (C=O) groups excluding carboxylic acids is 1. The summed E-state index contributed by atoms with van der Waals surface area (Å²) in [6.45, 7) is -0.606. The minimum absolute atomic E-state index is 0.0313. The van der Waals surface area contributed by atoms with Gasteiger partial charge in [-0.25, -0.2) is 9.78 Å². The Balaban J connectivity index is 2.70. The van der Waals surface area contributed by atoms with Gasteiger partial charge in [0, 0.05) is 7.05 Å². The Hall–Kier alpha value is -2.58. The van der Waals surface area contributed by atoms with Crippen molar-refractivity contribution >= 4 is 22.9 Å². The molecule has 0 atom stereocenters. The molecule has 6 nitrogen and oxygen atoms in total. The van der Waals surface area contributed by atoms with Gasteiger partial charge in [0.05, 0.1) is 16.6 Å². The van der Waals surface area contributed by atoms with Crippen molar-refractivity contribution in [2.45, 2.75) is 12.7 Å². The number of imidazole rings is 1. The van der Waals surface area contributed by atoms with E-state index < -0.39 is 30.4 Å². The van der Waals surface area contributed by atoms with Crippen LogP contribution in [0, 0.1) is 0 Å². The Bertz CT molecular complexity index is 722. The Morgan fingerprint density at radius 2 is 2.05 bits per heavy atom. The SMILES string of the molecule is CNC(=O)Cn1c(C(F)(F)F)nc2ccc(C(=O)O)cc21. The first kappa shape index (κ1) is 14.8. The fourth-order valence-electron chi connectivity index (χ4n) is 1.85. The molecule has 0 saturated heterocycles. The van der Waals surface area contributed by atoms with Crippen LogP contribution in [0.3, 0.4) is 0 Å². The molecule has 0 aliphatic rings. The van der Waals surface area contributed by atoms with E-state index in [1.54, 1.807) is 0 Å². The van der Waals surface area contributed by atoms with Gasteiger partial charge >= 0.3 is 12.1 Å². The lowest BCUT2D eigenvalue weighted by atomic mass is 10.2. The number of hydrogen-bond acceptors (Lipinski definition) is 3. The highest BCUT2D eigenvalue weighted by atomic mass is 19.4. The van der Waals surface area contributed by atoms with Crippen molar-refractivity contribution < 1.29 is 27.9 Å². The highest BCUT2D eigenvalue weighted by molar-refractivity contribution is 5.93. The first-order valence-corrected chi connectivity index (χ1v) is 5.75. The third-order valence-corrected chi connectivity index (χ3v) is 2.83. The van der Waals surface area contributed by atoms with Gasteiger partial charge in [0.2, 0.25) is 11.7 Å². The average Bonchev–Trinajstić information content (AvgIpc) is 2.76. The third-order valence-electron chi connectivity index (χ3n) is 2.83. The fourth-order valence-corrected chi connectivity index (χ4v) is 1.85. The maximum Gasteiger partial charge on any atom is 0.449 e. The molecule has 0 aliphatic heterocycles. The van der Waals surface area contributed by atoms with Crippen molar-refractivity contribution in [2.24, 2.45) is 0 Å². The van der Waals surface area contributed by atoms with Gasteiger partial charge in [0.1, 0.15) is 6.54 Å². The van der Waals surface area contributed by atoms with Crippen LogP contribution in [0.5, 0.6) is 0 Å². The lowest BCUT2D eigenvalue weighted by Gasteiger charge is -2.10. The van der Waals surface area contributed by atoms with E-state index in [1.165, 1.54) is 13.1 Å². The average molecular weight is 301 g/mol. The van der Waals surface area contributed by atoms with Crippen LogP contribution in [-0.2, 0) is 17.5 Å². The largest absolute Gasteiger partial charge is 0.478 e. The molecule has 1 aromatic heterocycles. The second-order valence-electron chi connectivity index (χ2n) is 4.20. The number of fused-ring (bicyclic) bond motifs is 1. The van der Waals surface area contributed by atoms with E-state index in [1.807, 2.05) is 0 Å². The zero-order chi connectivity index (χ0) is 15.8. The zero-order valence-corrected chi connectivity index (χ0v) is 10.7. The molecule has 0 radical (unpaired) electrons. The van der Waals surface area contributed by atoms with Crippen molar-refractivity contribution in [3.63, 3.8) is 0 Å². The quantitative estimate of drug-likeness (QED) is 0.900. The van der Waals surface area contributed by atoms with Gasteiger partial charge in [-0.2, -0.15) is 13.2 Å². The van der Waals surface area contributed by atoms with Crippen LogP contribution in [0.2, 0.25) is 0 Å². The van der Waals surface area contributed by atoms with E-state index in [-0.39, 0.29) is 16.6 Å². The summed E-state index contributed by atoms with van der Waals surface area (Å²) >= 11 is 0. The number of amides is 1. The van der Waals surface area contributed by atoms with Crippen LogP contribution < -0.4 is 5.32 Å². The van der Waals surface area contributed by atoms with E-state index in [2.05, 4.69) is 10.3 Å². The second kappa shape index (κ2) is 5.08. The van der Waals surface area contributed by atoms with E-state index in [0.29, 0.717) is 4.57 Å². The minimum atomic E-state index is -4.75. The van der Waals surface area contributed by atoms with Gasteiger partial charge in [0.15, 0.2) is 0 Å². The number of aromatic nitrogens is 2. The van der Waals surface area contributed by atoms with E-state index in [4.69, 9.17) is 5.11 Å². The molecule has 2 aromatic rings. The first-order valence-electron chi connectivity index (χ1n) is 5.75. The number of carbonyl (C=O) groups is 2. The molecule has 0 aliphatic carbocycles. The molecule has 0 unspecified atom stereocenters. The molecule has 9 heteroatoms. The predicted octanol–water partition coefficient (Wildman–Crippen LogP) is 1.50. The number of likely N-dealkylation sites (N-methyl/N-ethyl adjacent to an activating group) is 1. The molecule has 112 valence electrons. The summed E-state index contributed by atoms with van der Waals surface area (Å²) in [5, 5.41) is 11.1. The van der Waals surface area contributed by atoms with Crippen molar-refractivity contribution in [1.82, 2.24) is 14.9 Å². The smallest absolute Gasteiger partial charge is 0.449 e. The number of alkyl halides is 3. The number of carboxylic acids is 1. The van der Waals surface area contributed by atoms with Crippen molar-refractivity contribution in [2.75, 3.05) is 7.05 Å². The molecule has 2 N–H and O–H groups in total. The monoisotopic (exact) mass is 301 g/mol. The predicted molar refractivity (Wildman–Crippen MR) is 65.8 cm³/mol. The number of aromatic carboxylic acids is 1. The number of hydrogen-bond donors (Lipinski definition) is 2. The summed E-state index contributed by atoms with van der Waals surface area (Å²) in [5.74, 6) is -3.18. The normalized spacial score (nSPS) is 11.6. The van der Waals surface area contributed by atoms with Gasteiger partial charge in [-0.1, -0.05) is 0 Å². The second-order valence-corrected chi connectivity index (χ2v) is 4.20. The van der Waals surface area contributed by atoms with Crippen LogP contribution >= 0.6 is 0 Å². The summed E-state index contributed by atoms with van der Waals surface area (Å²) in [6.07, 6.45) is -4.75. The Morgan fingerprint density at radius 1 is 1.38 bits per heavy atom. The van der Waals surface area contributed by atoms with Crippen LogP contribution in [0.25, 0.3) is 11.0 Å². The van der Waals surface area contributed by atoms with Crippen molar-refractivity contribution in [1.29, 1.82) is 0 Å². The third kappa shape index (κ3) is 2.81. The Kier molecular flexibility index (Phi) is 3.58. The highest BCUT2D eigenvalue weighted by Gasteiger charge is 2.38. The summed E-state index contributed by atoms with van der Waals surface area (Å²) in [5.41, 5.74) is -0.281. The standard InChI is InChI=1S/C12H10F3N3O3/c1-16-9(19)5-18-8-4-6(10(20)21)2-3-7(8)17-11(18)12(13,14)15/h2-4H,5H2,1H3,(H,16,19)(H,20,21). The molecule has 1 heterocycles. The Labute approximate surface area is 116 Å². The molecule has 21 heavy (non-hydrogen) atoms. The lowest BCUT2D eigenvalue weighted by molar-refractivity contribution is -0.147. The van der Waals surface area contributed by atoms with Crippen LogP contribution in [0.15, 0.2) is 18.2 Å². The number of nitrogens with zero attached hydrogens (tertiary/aromatic N) is 2. The summed E-state index contributed by atoms with van der Waals surface area (Å²) in [4.78, 5) is 25.7. The molecule has 0 fully saturated rings. The molecule has 1 aromatic carbocycles. The molecular formula is C12H10F3N3O3. The molecule has 0 bridgehead atoms. The van der Waals surface area contributed by atoms with Gasteiger partial charge in [-0.05, 0) is 18.2 Å². The summed E-state index contributed by atoms with van der Waals surface area (Å²) < 4.78 is 39.6. The van der Waals surface area contributed by atoms with Gasteiger partial charge in [-0.15, -0.1) is 0 Å². The number of carboxylic acid groups (broad SMARTS) is 1. The zero-order valence-electron chi connectivity index (χ0n) is 10.7. The maximum absolute atomic E-state index is 13.0. The van der Waals surface area contributed by atoms with Crippen LogP contribution in [0.1, 0.15) is 16.2 Å².